The Morgan fingerprint density at radius 1 is 0.833 bits per heavy atom. The highest BCUT2D eigenvalue weighted by Crippen LogP contribution is 2.34. The molecule has 6 nitrogen and oxygen atoms in total. The van der Waals surface area contributed by atoms with E-state index in [-0.39, 0.29) is 18.1 Å². The Morgan fingerprint density at radius 2 is 1.40 bits per heavy atom. The van der Waals surface area contributed by atoms with Gasteiger partial charge < -0.3 is 10.2 Å². The SMILES string of the molecule is O=C(CN1CCN(CC(=O)N2CCCCCC2)CC1)Nc1ccccc1C(F)(F)F. The minimum absolute atomic E-state index is 0.0279. The molecule has 3 rings (SSSR count). The molecule has 2 saturated heterocycles. The van der Waals surface area contributed by atoms with E-state index < -0.39 is 17.6 Å². The van der Waals surface area contributed by atoms with Gasteiger partial charge >= 0.3 is 6.18 Å². The minimum atomic E-state index is -4.52. The van der Waals surface area contributed by atoms with Crippen LogP contribution < -0.4 is 5.32 Å². The largest absolute Gasteiger partial charge is 0.418 e. The van der Waals surface area contributed by atoms with Gasteiger partial charge in [0.1, 0.15) is 0 Å². The summed E-state index contributed by atoms with van der Waals surface area (Å²) in [5.74, 6) is -0.312. The molecule has 2 aliphatic rings. The van der Waals surface area contributed by atoms with E-state index in [4.69, 9.17) is 0 Å². The van der Waals surface area contributed by atoms with E-state index in [9.17, 15) is 22.8 Å². The number of rotatable bonds is 5. The van der Waals surface area contributed by atoms with Crippen LogP contribution in [0, 0.1) is 0 Å². The van der Waals surface area contributed by atoms with Crippen LogP contribution in [0.25, 0.3) is 0 Å². The Bertz CT molecular complexity index is 725. The Balaban J connectivity index is 1.43. The maximum absolute atomic E-state index is 13.1. The van der Waals surface area contributed by atoms with Crippen molar-refractivity contribution in [3.8, 4) is 0 Å². The lowest BCUT2D eigenvalue weighted by atomic mass is 10.1. The number of alkyl halides is 3. The second-order valence-electron chi connectivity index (χ2n) is 7.94. The van der Waals surface area contributed by atoms with Gasteiger partial charge in [-0.2, -0.15) is 13.2 Å². The summed E-state index contributed by atoms with van der Waals surface area (Å²) in [6.45, 7) is 4.59. The van der Waals surface area contributed by atoms with Gasteiger partial charge in [0.05, 0.1) is 24.3 Å². The number of para-hydroxylation sites is 1. The molecule has 2 heterocycles. The number of hydrogen-bond donors (Lipinski definition) is 1. The minimum Gasteiger partial charge on any atom is -0.342 e. The van der Waals surface area contributed by atoms with Crippen LogP contribution in [0.5, 0.6) is 0 Å². The Kier molecular flexibility index (Phi) is 7.71. The molecule has 1 aromatic rings. The van der Waals surface area contributed by atoms with Gasteiger partial charge in [0, 0.05) is 39.3 Å². The Hall–Kier alpha value is -2.13. The van der Waals surface area contributed by atoms with Crippen LogP contribution in [-0.4, -0.2) is 78.9 Å². The van der Waals surface area contributed by atoms with Gasteiger partial charge in [0.2, 0.25) is 11.8 Å². The number of benzene rings is 1. The van der Waals surface area contributed by atoms with Crippen molar-refractivity contribution in [2.45, 2.75) is 31.9 Å². The van der Waals surface area contributed by atoms with Crippen LogP contribution >= 0.6 is 0 Å². The smallest absolute Gasteiger partial charge is 0.342 e. The van der Waals surface area contributed by atoms with Gasteiger partial charge in [-0.3, -0.25) is 19.4 Å². The first kappa shape index (κ1) is 22.6. The molecule has 0 unspecified atom stereocenters. The van der Waals surface area contributed by atoms with Gasteiger partial charge in [-0.25, -0.2) is 0 Å². The average Bonchev–Trinajstić information content (AvgIpc) is 2.99. The molecule has 0 aliphatic carbocycles. The molecule has 0 atom stereocenters. The predicted octanol–water partition coefficient (Wildman–Crippen LogP) is 2.66. The van der Waals surface area contributed by atoms with Crippen molar-refractivity contribution in [1.29, 1.82) is 0 Å². The number of likely N-dealkylation sites (tertiary alicyclic amines) is 1. The van der Waals surface area contributed by atoms with E-state index in [0.717, 1.165) is 32.0 Å². The molecule has 0 radical (unpaired) electrons. The van der Waals surface area contributed by atoms with E-state index in [1.165, 1.54) is 31.0 Å². The molecule has 0 spiro atoms. The lowest BCUT2D eigenvalue weighted by Gasteiger charge is -2.35. The van der Waals surface area contributed by atoms with Gasteiger partial charge in [-0.1, -0.05) is 25.0 Å². The number of halogens is 3. The van der Waals surface area contributed by atoms with Crippen LogP contribution in [-0.2, 0) is 15.8 Å². The zero-order valence-electron chi connectivity index (χ0n) is 17.1. The van der Waals surface area contributed by atoms with E-state index in [1.807, 2.05) is 9.80 Å². The highest BCUT2D eigenvalue weighted by atomic mass is 19.4. The first-order valence-corrected chi connectivity index (χ1v) is 10.5. The summed E-state index contributed by atoms with van der Waals surface area (Å²) in [4.78, 5) is 30.7. The second kappa shape index (κ2) is 10.3. The number of nitrogens with zero attached hydrogens (tertiary/aromatic N) is 3. The molecule has 0 aromatic heterocycles. The number of piperazine rings is 1. The van der Waals surface area contributed by atoms with E-state index in [0.29, 0.717) is 32.7 Å². The molecule has 2 fully saturated rings. The van der Waals surface area contributed by atoms with Gasteiger partial charge in [-0.15, -0.1) is 0 Å². The molecule has 2 aliphatic heterocycles. The van der Waals surface area contributed by atoms with Crippen molar-refractivity contribution in [3.05, 3.63) is 29.8 Å². The summed E-state index contributed by atoms with van der Waals surface area (Å²) < 4.78 is 39.2. The molecule has 0 saturated carbocycles. The Morgan fingerprint density at radius 3 is 2.00 bits per heavy atom. The fraction of sp³-hybridized carbons (Fsp3) is 0.619. The van der Waals surface area contributed by atoms with Crippen LogP contribution in [0.1, 0.15) is 31.2 Å². The van der Waals surface area contributed by atoms with Crippen molar-refractivity contribution in [1.82, 2.24) is 14.7 Å². The molecular weight excluding hydrogens is 397 g/mol. The van der Waals surface area contributed by atoms with Crippen molar-refractivity contribution in [3.63, 3.8) is 0 Å². The van der Waals surface area contributed by atoms with Crippen molar-refractivity contribution < 1.29 is 22.8 Å². The van der Waals surface area contributed by atoms with E-state index >= 15 is 0 Å². The standard InChI is InChI=1S/C21H29F3N4O2/c22-21(23,24)17-7-3-4-8-18(17)25-19(29)15-26-11-13-27(14-12-26)16-20(30)28-9-5-1-2-6-10-28/h3-4,7-8H,1-2,5-6,9-16H2,(H,25,29). The topological polar surface area (TPSA) is 55.9 Å². The number of carbonyl (C=O) groups excluding carboxylic acids is 2. The third-order valence-corrected chi connectivity index (χ3v) is 5.66. The summed E-state index contributed by atoms with van der Waals surface area (Å²) in [5, 5.41) is 2.38. The zero-order chi connectivity index (χ0) is 21.6. The maximum atomic E-state index is 13.1. The number of amides is 2. The fourth-order valence-corrected chi connectivity index (χ4v) is 3.95. The number of carbonyl (C=O) groups is 2. The monoisotopic (exact) mass is 426 g/mol. The highest BCUT2D eigenvalue weighted by molar-refractivity contribution is 5.93. The molecule has 9 heteroatoms. The van der Waals surface area contributed by atoms with Crippen molar-refractivity contribution in [2.24, 2.45) is 0 Å². The quantitative estimate of drug-likeness (QED) is 0.787. The van der Waals surface area contributed by atoms with Gasteiger partial charge in [0.15, 0.2) is 0 Å². The van der Waals surface area contributed by atoms with Crippen LogP contribution in [0.3, 0.4) is 0 Å². The summed E-state index contributed by atoms with van der Waals surface area (Å²) >= 11 is 0. The molecule has 0 bridgehead atoms. The lowest BCUT2D eigenvalue weighted by Crippen LogP contribution is -2.51. The van der Waals surface area contributed by atoms with Crippen LogP contribution in [0.4, 0.5) is 18.9 Å². The summed E-state index contributed by atoms with van der Waals surface area (Å²) in [6, 6.07) is 4.97. The lowest BCUT2D eigenvalue weighted by molar-refractivity contribution is -0.137. The maximum Gasteiger partial charge on any atom is 0.418 e. The molecule has 166 valence electrons. The van der Waals surface area contributed by atoms with Crippen molar-refractivity contribution in [2.75, 3.05) is 57.7 Å². The number of nitrogens with one attached hydrogen (secondary N) is 1. The van der Waals surface area contributed by atoms with E-state index in [2.05, 4.69) is 10.2 Å². The van der Waals surface area contributed by atoms with Crippen LogP contribution in [0.15, 0.2) is 24.3 Å². The first-order chi connectivity index (χ1) is 14.3. The first-order valence-electron chi connectivity index (χ1n) is 10.5. The summed E-state index contributed by atoms with van der Waals surface area (Å²) in [5.41, 5.74) is -1.08. The predicted molar refractivity (Wildman–Crippen MR) is 108 cm³/mol. The van der Waals surface area contributed by atoms with Crippen molar-refractivity contribution >= 4 is 17.5 Å². The molecule has 2 amide bonds. The third-order valence-electron chi connectivity index (χ3n) is 5.66. The third kappa shape index (κ3) is 6.43. The molecule has 1 N–H and O–H groups in total. The molecular formula is C21H29F3N4O2. The summed E-state index contributed by atoms with van der Waals surface area (Å²) in [7, 11) is 0. The number of hydrogen-bond acceptors (Lipinski definition) is 4. The summed E-state index contributed by atoms with van der Waals surface area (Å²) in [6.07, 6.45) is -0.0382. The van der Waals surface area contributed by atoms with Gasteiger partial charge in [-0.05, 0) is 25.0 Å². The highest BCUT2D eigenvalue weighted by Gasteiger charge is 2.33. The normalized spacial score (nSPS) is 19.4. The number of anilines is 1. The second-order valence-corrected chi connectivity index (χ2v) is 7.94. The zero-order valence-corrected chi connectivity index (χ0v) is 17.1. The molecule has 30 heavy (non-hydrogen) atoms. The molecule has 1 aromatic carbocycles. The Labute approximate surface area is 175 Å². The fourth-order valence-electron chi connectivity index (χ4n) is 3.95. The van der Waals surface area contributed by atoms with E-state index in [1.54, 1.807) is 0 Å². The van der Waals surface area contributed by atoms with Crippen LogP contribution in [0.2, 0.25) is 0 Å². The average molecular weight is 426 g/mol. The van der Waals surface area contributed by atoms with Gasteiger partial charge in [0.25, 0.3) is 0 Å².